The van der Waals surface area contributed by atoms with Gasteiger partial charge in [0.15, 0.2) is 0 Å². The van der Waals surface area contributed by atoms with Gasteiger partial charge in [-0.05, 0) is 47.7 Å². The first-order chi connectivity index (χ1) is 20.4. The molecule has 3 amide bonds. The van der Waals surface area contributed by atoms with Crippen molar-refractivity contribution in [1.29, 1.82) is 0 Å². The van der Waals surface area contributed by atoms with Crippen LogP contribution in [0.2, 0.25) is 0 Å². The lowest BCUT2D eigenvalue weighted by molar-refractivity contribution is -0.132. The zero-order chi connectivity index (χ0) is 30.2. The largest absolute Gasteiger partial charge is 0.494 e. The molecule has 0 aliphatic rings. The summed E-state index contributed by atoms with van der Waals surface area (Å²) in [5.41, 5.74) is 9.42. The van der Waals surface area contributed by atoms with E-state index >= 15 is 0 Å². The van der Waals surface area contributed by atoms with E-state index in [-0.39, 0.29) is 18.2 Å². The molecule has 8 nitrogen and oxygen atoms in total. The standard InChI is InChI=1S/C34H44N4O4/c1-3-5-7-12-32(39)37-31(22-26-17-19-29(20-18-26)42-4-2)34(41)38-30(21-25-10-8-6-9-11-25)33(40)36-24-28-15-13-27(23-35)14-16-28/h6,8-11,13-20,30-31H,3-5,7,12,21-24,35H2,1-2H3,(H,36,40)(H,37,39)(H,38,41)/t30-,31+/m0/s1. The van der Waals surface area contributed by atoms with E-state index < -0.39 is 18.0 Å². The Morgan fingerprint density at radius 2 is 1.31 bits per heavy atom. The van der Waals surface area contributed by atoms with E-state index in [1.165, 1.54) is 0 Å². The summed E-state index contributed by atoms with van der Waals surface area (Å²) in [4.78, 5) is 39.9. The Balaban J connectivity index is 1.76. The summed E-state index contributed by atoms with van der Waals surface area (Å²) in [5, 5.41) is 8.81. The highest BCUT2D eigenvalue weighted by Gasteiger charge is 2.27. The van der Waals surface area contributed by atoms with Crippen LogP contribution < -0.4 is 26.4 Å². The molecule has 224 valence electrons. The van der Waals surface area contributed by atoms with Gasteiger partial charge in [0.25, 0.3) is 0 Å². The predicted octanol–water partition coefficient (Wildman–Crippen LogP) is 4.20. The minimum atomic E-state index is -0.841. The summed E-state index contributed by atoms with van der Waals surface area (Å²) < 4.78 is 5.54. The Morgan fingerprint density at radius 1 is 0.714 bits per heavy atom. The summed E-state index contributed by atoms with van der Waals surface area (Å²) in [6, 6.07) is 23.1. The number of benzene rings is 3. The molecule has 2 atom stereocenters. The van der Waals surface area contributed by atoms with Gasteiger partial charge in [0.1, 0.15) is 17.8 Å². The number of hydrogen-bond acceptors (Lipinski definition) is 5. The summed E-state index contributed by atoms with van der Waals surface area (Å²) in [6.45, 7) is 5.32. The lowest BCUT2D eigenvalue weighted by Gasteiger charge is -2.24. The number of hydrogen-bond donors (Lipinski definition) is 4. The molecule has 0 fully saturated rings. The number of carbonyl (C=O) groups excluding carboxylic acids is 3. The molecule has 0 radical (unpaired) electrons. The molecule has 0 heterocycles. The van der Waals surface area contributed by atoms with Crippen LogP contribution in [0.15, 0.2) is 78.9 Å². The molecule has 3 rings (SSSR count). The second-order valence-corrected chi connectivity index (χ2v) is 10.3. The van der Waals surface area contributed by atoms with Crippen LogP contribution in [0.3, 0.4) is 0 Å². The molecule has 0 bridgehead atoms. The minimum absolute atomic E-state index is 0.181. The van der Waals surface area contributed by atoms with Crippen molar-refractivity contribution in [2.24, 2.45) is 5.73 Å². The average Bonchev–Trinajstić information content (AvgIpc) is 3.01. The molecule has 0 aromatic heterocycles. The van der Waals surface area contributed by atoms with Gasteiger partial charge in [0, 0.05) is 32.4 Å². The molecule has 5 N–H and O–H groups in total. The van der Waals surface area contributed by atoms with Crippen molar-refractivity contribution in [3.8, 4) is 5.75 Å². The Hall–Kier alpha value is -4.17. The monoisotopic (exact) mass is 572 g/mol. The van der Waals surface area contributed by atoms with Gasteiger partial charge in [-0.2, -0.15) is 0 Å². The molecular formula is C34H44N4O4. The lowest BCUT2D eigenvalue weighted by atomic mass is 10.0. The van der Waals surface area contributed by atoms with Gasteiger partial charge in [-0.15, -0.1) is 0 Å². The Morgan fingerprint density at radius 3 is 1.93 bits per heavy atom. The van der Waals surface area contributed by atoms with E-state index in [1.54, 1.807) is 0 Å². The van der Waals surface area contributed by atoms with Gasteiger partial charge in [-0.3, -0.25) is 14.4 Å². The molecule has 0 aliphatic carbocycles. The van der Waals surface area contributed by atoms with Gasteiger partial charge < -0.3 is 26.4 Å². The third-order valence-electron chi connectivity index (χ3n) is 6.97. The Bertz CT molecular complexity index is 1250. The highest BCUT2D eigenvalue weighted by molar-refractivity contribution is 5.92. The van der Waals surface area contributed by atoms with E-state index in [0.29, 0.717) is 32.5 Å². The van der Waals surface area contributed by atoms with Crippen LogP contribution in [0.25, 0.3) is 0 Å². The highest BCUT2D eigenvalue weighted by atomic mass is 16.5. The Labute approximate surface area is 249 Å². The van der Waals surface area contributed by atoms with E-state index in [4.69, 9.17) is 10.5 Å². The molecule has 0 saturated heterocycles. The second kappa shape index (κ2) is 17.6. The number of nitrogens with two attached hydrogens (primary N) is 1. The molecule has 3 aromatic rings. The zero-order valence-corrected chi connectivity index (χ0v) is 24.7. The molecule has 8 heteroatoms. The van der Waals surface area contributed by atoms with Crippen LogP contribution >= 0.6 is 0 Å². The van der Waals surface area contributed by atoms with E-state index in [2.05, 4.69) is 22.9 Å². The molecule has 0 spiro atoms. The maximum Gasteiger partial charge on any atom is 0.243 e. The van der Waals surface area contributed by atoms with Gasteiger partial charge in [0.2, 0.25) is 17.7 Å². The van der Waals surface area contributed by atoms with Gasteiger partial charge >= 0.3 is 0 Å². The lowest BCUT2D eigenvalue weighted by Crippen LogP contribution is -2.55. The van der Waals surface area contributed by atoms with Crippen molar-refractivity contribution in [2.45, 2.75) is 77.5 Å². The van der Waals surface area contributed by atoms with Crippen molar-refractivity contribution in [3.05, 3.63) is 101 Å². The van der Waals surface area contributed by atoms with Crippen LogP contribution in [0.1, 0.15) is 61.8 Å². The SMILES string of the molecule is CCCCCC(=O)N[C@H](Cc1ccc(OCC)cc1)C(=O)N[C@@H](Cc1ccccc1)C(=O)NCc1ccc(CN)cc1. The fourth-order valence-corrected chi connectivity index (χ4v) is 4.57. The highest BCUT2D eigenvalue weighted by Crippen LogP contribution is 2.14. The normalized spacial score (nSPS) is 12.2. The fraction of sp³-hybridized carbons (Fsp3) is 0.382. The molecule has 0 unspecified atom stereocenters. The summed E-state index contributed by atoms with van der Waals surface area (Å²) >= 11 is 0. The number of nitrogens with one attached hydrogen (secondary N) is 3. The zero-order valence-electron chi connectivity index (χ0n) is 24.7. The molecule has 3 aromatic carbocycles. The quantitative estimate of drug-likeness (QED) is 0.181. The number of unbranched alkanes of at least 4 members (excludes halogenated alkanes) is 2. The van der Waals surface area contributed by atoms with Crippen LogP contribution in [-0.4, -0.2) is 36.4 Å². The van der Waals surface area contributed by atoms with Crippen LogP contribution in [0.4, 0.5) is 0 Å². The first kappa shape index (κ1) is 32.3. The number of carbonyl (C=O) groups is 3. The summed E-state index contributed by atoms with van der Waals surface area (Å²) in [5.74, 6) is -0.150. The third-order valence-corrected chi connectivity index (χ3v) is 6.97. The van der Waals surface area contributed by atoms with E-state index in [0.717, 1.165) is 47.3 Å². The topological polar surface area (TPSA) is 123 Å². The molecule has 0 aliphatic heterocycles. The minimum Gasteiger partial charge on any atom is -0.494 e. The summed E-state index contributed by atoms with van der Waals surface area (Å²) in [6.07, 6.45) is 3.63. The van der Waals surface area contributed by atoms with Crippen LogP contribution in [-0.2, 0) is 40.3 Å². The maximum atomic E-state index is 13.7. The van der Waals surface area contributed by atoms with Crippen molar-refractivity contribution in [2.75, 3.05) is 6.61 Å². The average molecular weight is 573 g/mol. The van der Waals surface area contributed by atoms with Crippen LogP contribution in [0, 0.1) is 0 Å². The van der Waals surface area contributed by atoms with E-state index in [9.17, 15) is 14.4 Å². The van der Waals surface area contributed by atoms with Gasteiger partial charge in [-0.1, -0.05) is 86.5 Å². The smallest absolute Gasteiger partial charge is 0.243 e. The number of rotatable bonds is 17. The number of amides is 3. The van der Waals surface area contributed by atoms with Crippen LogP contribution in [0.5, 0.6) is 5.75 Å². The third kappa shape index (κ3) is 11.0. The molecular weight excluding hydrogens is 528 g/mol. The first-order valence-electron chi connectivity index (χ1n) is 14.8. The maximum absolute atomic E-state index is 13.7. The van der Waals surface area contributed by atoms with Crippen molar-refractivity contribution < 1.29 is 19.1 Å². The molecule has 0 saturated carbocycles. The fourth-order valence-electron chi connectivity index (χ4n) is 4.57. The summed E-state index contributed by atoms with van der Waals surface area (Å²) in [7, 11) is 0. The first-order valence-corrected chi connectivity index (χ1v) is 14.8. The van der Waals surface area contributed by atoms with E-state index in [1.807, 2.05) is 85.8 Å². The predicted molar refractivity (Wildman–Crippen MR) is 166 cm³/mol. The molecule has 42 heavy (non-hydrogen) atoms. The van der Waals surface area contributed by atoms with Gasteiger partial charge in [-0.25, -0.2) is 0 Å². The number of ether oxygens (including phenoxy) is 1. The second-order valence-electron chi connectivity index (χ2n) is 10.3. The van der Waals surface area contributed by atoms with Crippen molar-refractivity contribution in [3.63, 3.8) is 0 Å². The van der Waals surface area contributed by atoms with Gasteiger partial charge in [0.05, 0.1) is 6.61 Å². The van der Waals surface area contributed by atoms with Crippen molar-refractivity contribution in [1.82, 2.24) is 16.0 Å². The Kier molecular flexibility index (Phi) is 13.6. The van der Waals surface area contributed by atoms with Crippen molar-refractivity contribution >= 4 is 17.7 Å².